The smallest absolute Gasteiger partial charge is 0.179 e. The SMILES string of the molecule is c1ccc([Si](c2ccccc2)(c2ccccc2)c2ccc3c(c2)-c2cc(-n4c5ccccc5c5cnccc54)ccc2C3)cc1. The maximum Gasteiger partial charge on any atom is 0.179 e. The van der Waals surface area contributed by atoms with E-state index in [1.807, 2.05) is 12.4 Å². The summed E-state index contributed by atoms with van der Waals surface area (Å²) in [5.41, 5.74) is 9.04. The van der Waals surface area contributed by atoms with E-state index in [-0.39, 0.29) is 0 Å². The predicted molar refractivity (Wildman–Crippen MR) is 190 cm³/mol. The Labute approximate surface area is 263 Å². The van der Waals surface area contributed by atoms with Gasteiger partial charge in [-0.25, -0.2) is 0 Å². The third-order valence-electron chi connectivity index (χ3n) is 9.66. The predicted octanol–water partition coefficient (Wildman–Crippen LogP) is 7.13. The first-order chi connectivity index (χ1) is 22.3. The Morgan fingerprint density at radius 2 is 1.02 bits per heavy atom. The number of para-hydroxylation sites is 1. The Morgan fingerprint density at radius 3 is 1.69 bits per heavy atom. The van der Waals surface area contributed by atoms with E-state index in [4.69, 9.17) is 0 Å². The molecule has 0 N–H and O–H groups in total. The lowest BCUT2D eigenvalue weighted by Gasteiger charge is -2.34. The number of benzene rings is 6. The molecule has 3 heteroatoms. The molecule has 0 saturated carbocycles. The topological polar surface area (TPSA) is 17.8 Å². The van der Waals surface area contributed by atoms with Gasteiger partial charge < -0.3 is 4.57 Å². The zero-order chi connectivity index (χ0) is 29.8. The summed E-state index contributed by atoms with van der Waals surface area (Å²) in [6, 6.07) is 58.7. The van der Waals surface area contributed by atoms with Crippen molar-refractivity contribution in [1.82, 2.24) is 9.55 Å². The van der Waals surface area contributed by atoms with Crippen LogP contribution in [0.4, 0.5) is 0 Å². The normalized spacial score (nSPS) is 12.4. The van der Waals surface area contributed by atoms with Crippen molar-refractivity contribution in [2.75, 3.05) is 0 Å². The fraction of sp³-hybridized carbons (Fsp3) is 0.0238. The number of hydrogen-bond donors (Lipinski definition) is 0. The van der Waals surface area contributed by atoms with Crippen molar-refractivity contribution < 1.29 is 0 Å². The highest BCUT2D eigenvalue weighted by Crippen LogP contribution is 2.39. The Bertz CT molecular complexity index is 2190. The molecule has 6 aromatic carbocycles. The van der Waals surface area contributed by atoms with Gasteiger partial charge in [0, 0.05) is 28.9 Å². The van der Waals surface area contributed by atoms with Crippen LogP contribution < -0.4 is 20.7 Å². The highest BCUT2D eigenvalue weighted by atomic mass is 28.3. The second kappa shape index (κ2) is 10.3. The molecule has 1 aliphatic rings. The van der Waals surface area contributed by atoms with Crippen molar-refractivity contribution >= 4 is 50.6 Å². The van der Waals surface area contributed by atoms with Gasteiger partial charge >= 0.3 is 0 Å². The van der Waals surface area contributed by atoms with Gasteiger partial charge in [0.2, 0.25) is 0 Å². The van der Waals surface area contributed by atoms with Gasteiger partial charge in [0.05, 0.1) is 11.0 Å². The van der Waals surface area contributed by atoms with Crippen molar-refractivity contribution in [3.63, 3.8) is 0 Å². The summed E-state index contributed by atoms with van der Waals surface area (Å²) < 4.78 is 2.39. The van der Waals surface area contributed by atoms with Gasteiger partial charge in [-0.15, -0.1) is 0 Å². The highest BCUT2D eigenvalue weighted by molar-refractivity contribution is 7.19. The van der Waals surface area contributed by atoms with E-state index >= 15 is 0 Å². The molecule has 1 aliphatic carbocycles. The van der Waals surface area contributed by atoms with Gasteiger partial charge in [-0.05, 0) is 73.7 Å². The van der Waals surface area contributed by atoms with Crippen LogP contribution in [0.3, 0.4) is 0 Å². The van der Waals surface area contributed by atoms with Gasteiger partial charge in [0.25, 0.3) is 0 Å². The molecule has 0 spiro atoms. The number of nitrogens with zero attached hydrogens (tertiary/aromatic N) is 2. The van der Waals surface area contributed by atoms with E-state index < -0.39 is 8.07 Å². The molecule has 2 aromatic heterocycles. The monoisotopic (exact) mass is 590 g/mol. The van der Waals surface area contributed by atoms with Gasteiger partial charge in [-0.1, -0.05) is 133 Å². The first-order valence-electron chi connectivity index (χ1n) is 15.6. The summed E-state index contributed by atoms with van der Waals surface area (Å²) in [4.78, 5) is 4.46. The Morgan fingerprint density at radius 1 is 0.467 bits per heavy atom. The van der Waals surface area contributed by atoms with Crippen molar-refractivity contribution in [3.05, 3.63) is 181 Å². The summed E-state index contributed by atoms with van der Waals surface area (Å²) in [5, 5.41) is 8.01. The average Bonchev–Trinajstić information content (AvgIpc) is 3.65. The highest BCUT2D eigenvalue weighted by Gasteiger charge is 2.42. The molecule has 9 rings (SSSR count). The molecule has 0 amide bonds. The molecule has 0 unspecified atom stereocenters. The van der Waals surface area contributed by atoms with E-state index in [0.717, 1.165) is 6.42 Å². The summed E-state index contributed by atoms with van der Waals surface area (Å²) in [7, 11) is -2.62. The molecule has 0 aliphatic heterocycles. The van der Waals surface area contributed by atoms with Gasteiger partial charge in [0.1, 0.15) is 0 Å². The standard InChI is InChI=1S/C42H30N2Si/c1-4-12-33(13-5-1)45(34-14-6-2-7-15-34,35-16-8-3-9-17-35)36-23-21-31-26-30-20-22-32(27-38(30)39(31)28-36)44-41-19-11-10-18-37(41)40-29-43-25-24-42(40)44/h1-25,27-29H,26H2. The number of fused-ring (bicyclic) bond motifs is 6. The van der Waals surface area contributed by atoms with Gasteiger partial charge in [-0.2, -0.15) is 0 Å². The lowest BCUT2D eigenvalue weighted by atomic mass is 10.0. The molecule has 2 nitrogen and oxygen atoms in total. The summed E-state index contributed by atoms with van der Waals surface area (Å²) in [6.07, 6.45) is 4.84. The lowest BCUT2D eigenvalue weighted by Crippen LogP contribution is -2.74. The lowest BCUT2D eigenvalue weighted by molar-refractivity contribution is 1.17. The van der Waals surface area contributed by atoms with Gasteiger partial charge in [0.15, 0.2) is 8.07 Å². The maximum atomic E-state index is 4.46. The van der Waals surface area contributed by atoms with Crippen LogP contribution in [0.25, 0.3) is 38.6 Å². The van der Waals surface area contributed by atoms with Crippen LogP contribution in [0.5, 0.6) is 0 Å². The maximum absolute atomic E-state index is 4.46. The van der Waals surface area contributed by atoms with Crippen LogP contribution in [0, 0.1) is 0 Å². The molecule has 0 bridgehead atoms. The van der Waals surface area contributed by atoms with Gasteiger partial charge in [-0.3, -0.25) is 4.98 Å². The van der Waals surface area contributed by atoms with E-state index in [1.54, 1.807) is 0 Å². The molecule has 212 valence electrons. The minimum atomic E-state index is -2.62. The van der Waals surface area contributed by atoms with Crippen molar-refractivity contribution in [2.24, 2.45) is 0 Å². The van der Waals surface area contributed by atoms with Crippen LogP contribution in [0.2, 0.25) is 0 Å². The Balaban J connectivity index is 1.29. The zero-order valence-electron chi connectivity index (χ0n) is 24.8. The minimum Gasteiger partial charge on any atom is -0.309 e. The van der Waals surface area contributed by atoms with Crippen LogP contribution >= 0.6 is 0 Å². The molecule has 0 atom stereocenters. The third kappa shape index (κ3) is 3.91. The minimum absolute atomic E-state index is 0.957. The van der Waals surface area contributed by atoms with Crippen LogP contribution in [-0.4, -0.2) is 17.6 Å². The summed E-state index contributed by atoms with van der Waals surface area (Å²) in [6.45, 7) is 0. The number of aromatic nitrogens is 2. The largest absolute Gasteiger partial charge is 0.309 e. The van der Waals surface area contributed by atoms with Crippen LogP contribution in [0.1, 0.15) is 11.1 Å². The molecule has 0 fully saturated rings. The second-order valence-corrected chi connectivity index (χ2v) is 15.8. The van der Waals surface area contributed by atoms with E-state index in [0.29, 0.717) is 0 Å². The summed E-state index contributed by atoms with van der Waals surface area (Å²) >= 11 is 0. The van der Waals surface area contributed by atoms with Crippen LogP contribution in [0.15, 0.2) is 170 Å². The molecule has 0 radical (unpaired) electrons. The molecule has 0 saturated heterocycles. The van der Waals surface area contributed by atoms with Crippen molar-refractivity contribution in [2.45, 2.75) is 6.42 Å². The number of rotatable bonds is 5. The Kier molecular flexibility index (Phi) is 5.93. The number of pyridine rings is 1. The zero-order valence-corrected chi connectivity index (χ0v) is 25.8. The molecular weight excluding hydrogens is 561 g/mol. The second-order valence-electron chi connectivity index (χ2n) is 12.0. The quantitative estimate of drug-likeness (QED) is 0.154. The van der Waals surface area contributed by atoms with Crippen LogP contribution in [-0.2, 0) is 6.42 Å². The van der Waals surface area contributed by atoms with Crippen molar-refractivity contribution in [1.29, 1.82) is 0 Å². The molecule has 8 aromatic rings. The van der Waals surface area contributed by atoms with Crippen molar-refractivity contribution in [3.8, 4) is 16.8 Å². The fourth-order valence-electron chi connectivity index (χ4n) is 7.69. The molecular formula is C42H30N2Si. The molecule has 2 heterocycles. The first-order valence-corrected chi connectivity index (χ1v) is 17.6. The summed E-state index contributed by atoms with van der Waals surface area (Å²) in [5.74, 6) is 0. The number of hydrogen-bond acceptors (Lipinski definition) is 1. The van der Waals surface area contributed by atoms with E-state index in [9.17, 15) is 0 Å². The third-order valence-corrected chi connectivity index (χ3v) is 14.4. The first kappa shape index (κ1) is 25.9. The molecule has 45 heavy (non-hydrogen) atoms. The van der Waals surface area contributed by atoms with E-state index in [1.165, 1.54) is 70.5 Å². The average molecular weight is 591 g/mol. The van der Waals surface area contributed by atoms with E-state index in [2.05, 4.69) is 167 Å². The Hall–Kier alpha value is -5.51. The fourth-order valence-corrected chi connectivity index (χ4v) is 12.5.